The normalized spacial score (nSPS) is 11.3. The summed E-state index contributed by atoms with van der Waals surface area (Å²) in [5, 5.41) is 0. The molecule has 0 fully saturated rings. The van der Waals surface area contributed by atoms with E-state index < -0.39 is 0 Å². The highest BCUT2D eigenvalue weighted by molar-refractivity contribution is 9.09. The highest BCUT2D eigenvalue weighted by Crippen LogP contribution is 1.94. The lowest BCUT2D eigenvalue weighted by atomic mass is 10.3. The van der Waals surface area contributed by atoms with E-state index in [0.717, 1.165) is 5.69 Å². The molecule has 4 nitrogen and oxygen atoms in total. The monoisotopic (exact) mass is 228 g/mol. The predicted molar refractivity (Wildman–Crippen MR) is 51.9 cm³/mol. The van der Waals surface area contributed by atoms with E-state index in [1.807, 2.05) is 18.2 Å². The van der Waals surface area contributed by atoms with Crippen molar-refractivity contribution in [2.45, 2.75) is 0 Å². The summed E-state index contributed by atoms with van der Waals surface area (Å²) < 4.78 is 0. The van der Waals surface area contributed by atoms with Crippen LogP contribution in [0.15, 0.2) is 29.4 Å². The van der Waals surface area contributed by atoms with Crippen LogP contribution in [0.2, 0.25) is 0 Å². The Bertz CT molecular complexity index is 259. The number of alkyl halides is 1. The van der Waals surface area contributed by atoms with Gasteiger partial charge < -0.3 is 5.43 Å². The van der Waals surface area contributed by atoms with Crippen molar-refractivity contribution < 1.29 is 0 Å². The molecule has 0 radical (unpaired) electrons. The predicted octanol–water partition coefficient (Wildman–Crippen LogP) is 0.644. The quantitative estimate of drug-likeness (QED) is 0.195. The number of nitrogens with one attached hydrogen (secondary N) is 1. The molecule has 1 aromatic rings. The number of hydrogen-bond donors (Lipinski definition) is 2. The van der Waals surface area contributed by atoms with Gasteiger partial charge in [-0.05, 0) is 12.1 Å². The molecule has 0 aromatic carbocycles. The molecule has 0 spiro atoms. The molecule has 5 heteroatoms. The van der Waals surface area contributed by atoms with Gasteiger partial charge in [0.1, 0.15) is 5.69 Å². The molecule has 0 unspecified atom stereocenters. The maximum absolute atomic E-state index is 5.25. The van der Waals surface area contributed by atoms with E-state index in [1.54, 1.807) is 6.20 Å². The number of hydrogen-bond acceptors (Lipinski definition) is 3. The van der Waals surface area contributed by atoms with Crippen LogP contribution in [0.3, 0.4) is 0 Å². The van der Waals surface area contributed by atoms with Gasteiger partial charge in [0.05, 0.1) is 5.45 Å². The van der Waals surface area contributed by atoms with Gasteiger partial charge in [0.15, 0.2) is 5.84 Å². The van der Waals surface area contributed by atoms with E-state index in [2.05, 4.69) is 31.3 Å². The summed E-state index contributed by atoms with van der Waals surface area (Å²) in [5.74, 6) is 5.83. The van der Waals surface area contributed by atoms with Crippen molar-refractivity contribution >= 4 is 21.8 Å². The molecule has 64 valence electrons. The van der Waals surface area contributed by atoms with Crippen LogP contribution in [-0.4, -0.2) is 16.3 Å². The molecular weight excluding hydrogens is 220 g/mol. The molecule has 0 aliphatic heterocycles. The Hall–Kier alpha value is -0.940. The fourth-order valence-corrected chi connectivity index (χ4v) is 1.01. The van der Waals surface area contributed by atoms with E-state index in [4.69, 9.17) is 5.84 Å². The second kappa shape index (κ2) is 4.84. The minimum atomic E-state index is 0.503. The first-order valence-corrected chi connectivity index (χ1v) is 4.49. The van der Waals surface area contributed by atoms with Crippen LogP contribution >= 0.6 is 15.9 Å². The first kappa shape index (κ1) is 9.15. The molecule has 0 aliphatic carbocycles. The van der Waals surface area contributed by atoms with Crippen molar-refractivity contribution in [3.63, 3.8) is 0 Å². The molecule has 3 N–H and O–H groups in total. The molecular formula is C7H9BrN4. The molecule has 0 saturated carbocycles. The largest absolute Gasteiger partial charge is 0.307 e. The summed E-state index contributed by atoms with van der Waals surface area (Å²) in [7, 11) is 0. The number of aliphatic imine (C=N–C) groups is 1. The summed E-state index contributed by atoms with van der Waals surface area (Å²) in [6.07, 6.45) is 1.69. The van der Waals surface area contributed by atoms with Gasteiger partial charge >= 0.3 is 0 Å². The maximum Gasteiger partial charge on any atom is 0.162 e. The number of rotatable bonds is 2. The van der Waals surface area contributed by atoms with E-state index >= 15 is 0 Å². The van der Waals surface area contributed by atoms with Crippen LogP contribution in [0, 0.1) is 0 Å². The summed E-state index contributed by atoms with van der Waals surface area (Å²) in [4.78, 5) is 8.12. The van der Waals surface area contributed by atoms with Gasteiger partial charge in [0, 0.05) is 6.20 Å². The SMILES string of the molecule is NNC(=NCBr)c1ccccn1. The Morgan fingerprint density at radius 1 is 1.67 bits per heavy atom. The van der Waals surface area contributed by atoms with Crippen molar-refractivity contribution in [1.29, 1.82) is 0 Å². The molecule has 12 heavy (non-hydrogen) atoms. The fourth-order valence-electron chi connectivity index (χ4n) is 0.763. The van der Waals surface area contributed by atoms with Gasteiger partial charge in [0.2, 0.25) is 0 Å². The zero-order valence-corrected chi connectivity index (χ0v) is 7.95. The number of halogens is 1. The molecule has 1 rings (SSSR count). The van der Waals surface area contributed by atoms with Crippen molar-refractivity contribution in [2.75, 3.05) is 5.45 Å². The van der Waals surface area contributed by atoms with Gasteiger partial charge in [-0.3, -0.25) is 9.98 Å². The Balaban J connectivity index is 2.88. The van der Waals surface area contributed by atoms with Crippen molar-refractivity contribution in [2.24, 2.45) is 10.8 Å². The van der Waals surface area contributed by atoms with Gasteiger partial charge in [-0.25, -0.2) is 5.84 Å². The van der Waals surface area contributed by atoms with Crippen LogP contribution in [0.25, 0.3) is 0 Å². The third kappa shape index (κ3) is 2.28. The van der Waals surface area contributed by atoms with Gasteiger partial charge in [-0.15, -0.1) is 0 Å². The summed E-state index contributed by atoms with van der Waals surface area (Å²) in [6.45, 7) is 0. The topological polar surface area (TPSA) is 63.3 Å². The first-order chi connectivity index (χ1) is 5.88. The Morgan fingerprint density at radius 2 is 2.50 bits per heavy atom. The molecule has 0 amide bonds. The summed E-state index contributed by atoms with van der Waals surface area (Å²) in [5.41, 5.74) is 3.72. The number of nitrogens with two attached hydrogens (primary N) is 1. The summed E-state index contributed by atoms with van der Waals surface area (Å²) in [6, 6.07) is 5.55. The smallest absolute Gasteiger partial charge is 0.162 e. The Morgan fingerprint density at radius 3 is 3.00 bits per heavy atom. The van der Waals surface area contributed by atoms with Gasteiger partial charge in [-0.2, -0.15) is 0 Å². The second-order valence-corrected chi connectivity index (χ2v) is 2.49. The van der Waals surface area contributed by atoms with Crippen LogP contribution in [0.5, 0.6) is 0 Å². The van der Waals surface area contributed by atoms with Gasteiger partial charge in [0.25, 0.3) is 0 Å². The van der Waals surface area contributed by atoms with Crippen LogP contribution in [0.1, 0.15) is 5.69 Å². The van der Waals surface area contributed by atoms with Crippen molar-refractivity contribution in [3.05, 3.63) is 30.1 Å². The minimum absolute atomic E-state index is 0.503. The summed E-state index contributed by atoms with van der Waals surface area (Å²) >= 11 is 3.18. The first-order valence-electron chi connectivity index (χ1n) is 3.37. The Kier molecular flexibility index (Phi) is 3.69. The number of amidine groups is 1. The maximum atomic E-state index is 5.25. The lowest BCUT2D eigenvalue weighted by Crippen LogP contribution is -2.31. The molecule has 0 aliphatic rings. The molecule has 0 saturated heterocycles. The second-order valence-electron chi connectivity index (χ2n) is 1.99. The van der Waals surface area contributed by atoms with Crippen LogP contribution < -0.4 is 11.3 Å². The van der Waals surface area contributed by atoms with E-state index in [-0.39, 0.29) is 0 Å². The zero-order chi connectivity index (χ0) is 8.81. The lowest BCUT2D eigenvalue weighted by Gasteiger charge is -2.02. The minimum Gasteiger partial charge on any atom is -0.307 e. The average molecular weight is 229 g/mol. The van der Waals surface area contributed by atoms with Crippen LogP contribution in [-0.2, 0) is 0 Å². The number of pyridine rings is 1. The highest BCUT2D eigenvalue weighted by atomic mass is 79.9. The van der Waals surface area contributed by atoms with Crippen molar-refractivity contribution in [3.8, 4) is 0 Å². The lowest BCUT2D eigenvalue weighted by molar-refractivity contribution is 1.00. The highest BCUT2D eigenvalue weighted by Gasteiger charge is 1.99. The van der Waals surface area contributed by atoms with Crippen molar-refractivity contribution in [1.82, 2.24) is 10.4 Å². The molecule has 1 aromatic heterocycles. The molecule has 0 atom stereocenters. The fraction of sp³-hybridized carbons (Fsp3) is 0.143. The average Bonchev–Trinajstić information content (AvgIpc) is 2.15. The number of hydrazine groups is 1. The van der Waals surface area contributed by atoms with E-state index in [0.29, 0.717) is 11.3 Å². The zero-order valence-electron chi connectivity index (χ0n) is 6.37. The van der Waals surface area contributed by atoms with E-state index in [1.165, 1.54) is 0 Å². The third-order valence-corrected chi connectivity index (χ3v) is 1.51. The standard InChI is InChI=1S/C7H9BrN4/c8-5-11-7(12-9)6-3-1-2-4-10-6/h1-4H,5,9H2,(H,11,12). The number of nitrogens with zero attached hydrogens (tertiary/aromatic N) is 2. The van der Waals surface area contributed by atoms with Gasteiger partial charge in [-0.1, -0.05) is 22.0 Å². The number of aromatic nitrogens is 1. The Labute approximate surface area is 79.0 Å². The molecule has 0 bridgehead atoms. The molecule has 1 heterocycles. The van der Waals surface area contributed by atoms with Crippen LogP contribution in [0.4, 0.5) is 0 Å². The third-order valence-electron chi connectivity index (χ3n) is 1.26. The van der Waals surface area contributed by atoms with E-state index in [9.17, 15) is 0 Å².